The third-order valence-corrected chi connectivity index (χ3v) is 6.06. The molecule has 1 fully saturated rings. The van der Waals surface area contributed by atoms with Gasteiger partial charge in [-0.15, -0.1) is 0 Å². The first kappa shape index (κ1) is 20.3. The maximum Gasteiger partial charge on any atom is 0.253 e. The molecule has 1 aromatic carbocycles. The summed E-state index contributed by atoms with van der Waals surface area (Å²) in [5.74, 6) is 7.45. The van der Waals surface area contributed by atoms with Crippen LogP contribution in [0.1, 0.15) is 27.2 Å². The maximum absolute atomic E-state index is 12.7. The summed E-state index contributed by atoms with van der Waals surface area (Å²) >= 11 is 0. The lowest BCUT2D eigenvalue weighted by molar-refractivity contribution is -0.495. The largest absolute Gasteiger partial charge is 0.336 e. The number of carbonyl (C=O) groups excluding carboxylic acids is 1. The Labute approximate surface area is 196 Å². The van der Waals surface area contributed by atoms with E-state index in [1.807, 2.05) is 65.0 Å². The Balaban J connectivity index is 1.28. The van der Waals surface area contributed by atoms with E-state index >= 15 is 0 Å². The Morgan fingerprint density at radius 1 is 1.00 bits per heavy atom. The molecule has 0 bridgehead atoms. The zero-order valence-corrected chi connectivity index (χ0v) is 18.4. The zero-order chi connectivity index (χ0) is 22.9. The van der Waals surface area contributed by atoms with Crippen molar-refractivity contribution in [2.75, 3.05) is 26.2 Å². The minimum Gasteiger partial charge on any atom is -0.336 e. The Kier molecular flexibility index (Phi) is 5.11. The van der Waals surface area contributed by atoms with Crippen LogP contribution in [-0.4, -0.2) is 56.6 Å². The van der Waals surface area contributed by atoms with Crippen LogP contribution in [0, 0.1) is 11.8 Å². The fourth-order valence-electron chi connectivity index (χ4n) is 4.22. The molecule has 0 unspecified atom stereocenters. The van der Waals surface area contributed by atoms with Crippen LogP contribution in [0.2, 0.25) is 0 Å². The number of imidazole rings is 1. The van der Waals surface area contributed by atoms with Crippen molar-refractivity contribution in [3.63, 3.8) is 0 Å². The van der Waals surface area contributed by atoms with E-state index in [0.29, 0.717) is 11.3 Å². The molecule has 0 radical (unpaired) electrons. The van der Waals surface area contributed by atoms with Gasteiger partial charge in [0.2, 0.25) is 5.82 Å². The van der Waals surface area contributed by atoms with Gasteiger partial charge in [0.25, 0.3) is 5.91 Å². The first-order valence-corrected chi connectivity index (χ1v) is 11.2. The van der Waals surface area contributed by atoms with Gasteiger partial charge in [-0.3, -0.25) is 10.1 Å². The number of hydrogen-bond acceptors (Lipinski definition) is 5. The topological polar surface area (TPSA) is 92.0 Å². The van der Waals surface area contributed by atoms with Crippen molar-refractivity contribution >= 4 is 23.4 Å². The number of aromatic nitrogens is 4. The Morgan fingerprint density at radius 2 is 1.85 bits per heavy atom. The lowest BCUT2D eigenvalue weighted by atomic mass is 10.1. The number of amides is 1. The maximum atomic E-state index is 12.7. The Hall–Kier alpha value is -4.32. The molecule has 2 aliphatic heterocycles. The van der Waals surface area contributed by atoms with E-state index in [9.17, 15) is 4.79 Å². The van der Waals surface area contributed by atoms with E-state index in [0.717, 1.165) is 60.0 Å². The second kappa shape index (κ2) is 8.56. The summed E-state index contributed by atoms with van der Waals surface area (Å²) in [5.41, 5.74) is 5.80. The quantitative estimate of drug-likeness (QED) is 0.453. The number of carbonyl (C=O) groups is 1. The lowest BCUT2D eigenvalue weighted by Crippen LogP contribution is -2.70. The van der Waals surface area contributed by atoms with Gasteiger partial charge in [0.05, 0.1) is 23.7 Å². The molecule has 1 saturated heterocycles. The highest BCUT2D eigenvalue weighted by atomic mass is 16.2. The van der Waals surface area contributed by atoms with Gasteiger partial charge in [-0.05, 0) is 36.3 Å². The third-order valence-electron chi connectivity index (χ3n) is 6.06. The summed E-state index contributed by atoms with van der Waals surface area (Å²) in [5, 5.41) is 10.0. The van der Waals surface area contributed by atoms with Crippen molar-refractivity contribution in [2.24, 2.45) is 0 Å². The molecule has 166 valence electrons. The van der Waals surface area contributed by atoms with Crippen LogP contribution in [0.15, 0.2) is 61.1 Å². The number of nitrogens with two attached hydrogens (primary N) is 1. The van der Waals surface area contributed by atoms with E-state index in [1.165, 1.54) is 0 Å². The minimum absolute atomic E-state index is 0.0682. The van der Waals surface area contributed by atoms with Crippen molar-refractivity contribution < 1.29 is 10.1 Å². The van der Waals surface area contributed by atoms with Gasteiger partial charge in [0, 0.05) is 55.1 Å². The van der Waals surface area contributed by atoms with Crippen molar-refractivity contribution in [1.82, 2.24) is 29.8 Å². The van der Waals surface area contributed by atoms with Gasteiger partial charge in [0.1, 0.15) is 5.69 Å². The van der Waals surface area contributed by atoms with Crippen LogP contribution in [-0.2, 0) is 0 Å². The van der Waals surface area contributed by atoms with Crippen LogP contribution in [0.3, 0.4) is 0 Å². The van der Waals surface area contributed by atoms with E-state index in [2.05, 4.69) is 27.1 Å². The summed E-state index contributed by atoms with van der Waals surface area (Å²) in [6.45, 7) is 3.14. The highest BCUT2D eigenvalue weighted by Gasteiger charge is 2.18. The minimum atomic E-state index is 0.0682. The third kappa shape index (κ3) is 3.73. The highest BCUT2D eigenvalue weighted by Crippen LogP contribution is 2.20. The average Bonchev–Trinajstić information content (AvgIpc) is 3.55. The summed E-state index contributed by atoms with van der Waals surface area (Å²) in [4.78, 5) is 23.4. The van der Waals surface area contributed by atoms with Crippen LogP contribution in [0.5, 0.6) is 0 Å². The molecule has 0 spiro atoms. The number of fused-ring (bicyclic) bond motifs is 2. The van der Waals surface area contributed by atoms with Crippen LogP contribution in [0.25, 0.3) is 23.0 Å². The summed E-state index contributed by atoms with van der Waals surface area (Å²) < 4.78 is 1.76. The van der Waals surface area contributed by atoms with Crippen molar-refractivity contribution in [2.45, 2.75) is 0 Å². The first-order valence-electron chi connectivity index (χ1n) is 11.2. The molecule has 0 aliphatic carbocycles. The van der Waals surface area contributed by atoms with Gasteiger partial charge in [-0.2, -0.15) is 5.10 Å². The van der Waals surface area contributed by atoms with E-state index in [1.54, 1.807) is 16.9 Å². The van der Waals surface area contributed by atoms with Crippen LogP contribution in [0.4, 0.5) is 5.82 Å². The smallest absolute Gasteiger partial charge is 0.253 e. The Bertz CT molecular complexity index is 1490. The molecule has 3 aromatic heterocycles. The number of pyridine rings is 1. The number of rotatable bonds is 2. The molecule has 34 heavy (non-hydrogen) atoms. The van der Waals surface area contributed by atoms with Gasteiger partial charge >= 0.3 is 0 Å². The number of nitrogens with zero attached hydrogens (tertiary/aromatic N) is 5. The summed E-state index contributed by atoms with van der Waals surface area (Å²) in [7, 11) is 0. The first-order chi connectivity index (χ1) is 16.8. The molecule has 1 amide bonds. The van der Waals surface area contributed by atoms with E-state index in [-0.39, 0.29) is 5.91 Å². The van der Waals surface area contributed by atoms with Crippen molar-refractivity contribution in [3.8, 4) is 23.1 Å². The average molecular weight is 449 g/mol. The van der Waals surface area contributed by atoms with Gasteiger partial charge < -0.3 is 10.2 Å². The monoisotopic (exact) mass is 448 g/mol. The molecule has 2 aliphatic rings. The van der Waals surface area contributed by atoms with Crippen molar-refractivity contribution in [1.29, 1.82) is 0 Å². The molecule has 6 rings (SSSR count). The summed E-state index contributed by atoms with van der Waals surface area (Å²) in [6.07, 6.45) is 7.51. The normalized spacial score (nSPS) is 14.6. The number of nitrogens with one attached hydrogen (secondary N) is 1. The Morgan fingerprint density at radius 3 is 2.71 bits per heavy atom. The second-order valence-electron chi connectivity index (χ2n) is 8.18. The standard InChI is InChI=1S/C26H21N7O/c34-26(32-15-13-27-14-16-32)20-3-1-19(2-4-20)23-7-8-24-30-17-21(33(24)31-23)6-5-18-9-11-28-25-22(18)10-12-29-25/h1-4,7-12,17,27H,13-16H2,(H,28,29)/p+1. The molecular formula is C26H22N7O+. The summed E-state index contributed by atoms with van der Waals surface area (Å²) in [6, 6.07) is 13.4. The van der Waals surface area contributed by atoms with E-state index in [4.69, 9.17) is 5.10 Å². The molecule has 0 atom stereocenters. The van der Waals surface area contributed by atoms with Crippen molar-refractivity contribution in [3.05, 3.63) is 83.4 Å². The fraction of sp³-hybridized carbons (Fsp3) is 0.154. The molecule has 3 N–H and O–H groups in total. The van der Waals surface area contributed by atoms with Crippen LogP contribution >= 0.6 is 0 Å². The lowest BCUT2D eigenvalue weighted by Gasteiger charge is -2.27. The molecule has 0 saturated carbocycles. The molecule has 8 heteroatoms. The predicted molar refractivity (Wildman–Crippen MR) is 128 cm³/mol. The second-order valence-corrected chi connectivity index (χ2v) is 8.18. The number of benzene rings is 1. The molecule has 4 aromatic rings. The molecular weight excluding hydrogens is 426 g/mol. The van der Waals surface area contributed by atoms with Crippen LogP contribution < -0.4 is 10.6 Å². The SMILES string of the molecule is O=C(c1ccc(-c2ccc3ncc(C#Cc4ccnc5c4C=C[NH2+]5)n3n2)cc1)N1CCNCC1. The number of hydrogen-bond donors (Lipinski definition) is 2. The molecule has 8 nitrogen and oxygen atoms in total. The number of quaternary nitrogens is 1. The van der Waals surface area contributed by atoms with Gasteiger partial charge in [-0.1, -0.05) is 18.1 Å². The fourth-order valence-corrected chi connectivity index (χ4v) is 4.22. The zero-order valence-electron chi connectivity index (χ0n) is 18.4. The van der Waals surface area contributed by atoms with Gasteiger partial charge in [0.15, 0.2) is 5.65 Å². The van der Waals surface area contributed by atoms with Gasteiger partial charge in [-0.25, -0.2) is 14.5 Å². The molecule has 5 heterocycles. The predicted octanol–water partition coefficient (Wildman–Crippen LogP) is 1.42. The van der Waals surface area contributed by atoms with E-state index < -0.39 is 0 Å². The highest BCUT2D eigenvalue weighted by molar-refractivity contribution is 5.94. The number of piperazine rings is 1.